The summed E-state index contributed by atoms with van der Waals surface area (Å²) in [4.78, 5) is 28.1. The molecule has 0 radical (unpaired) electrons. The maximum Gasteiger partial charge on any atom is 0.258 e. The van der Waals surface area contributed by atoms with Crippen molar-refractivity contribution < 1.29 is 9.59 Å². The lowest BCUT2D eigenvalue weighted by atomic mass is 10.0. The summed E-state index contributed by atoms with van der Waals surface area (Å²) in [5, 5.41) is 7.57. The minimum atomic E-state index is -0.105. The Labute approximate surface area is 212 Å². The Hall–Kier alpha value is -3.35. The quantitative estimate of drug-likeness (QED) is 0.441. The van der Waals surface area contributed by atoms with Crippen LogP contribution in [0.5, 0.6) is 0 Å². The van der Waals surface area contributed by atoms with E-state index in [0.29, 0.717) is 29.4 Å². The van der Waals surface area contributed by atoms with Crippen molar-refractivity contribution in [2.75, 3.05) is 35.1 Å². The van der Waals surface area contributed by atoms with E-state index in [1.54, 1.807) is 24.1 Å². The Morgan fingerprint density at radius 2 is 1.74 bits per heavy atom. The van der Waals surface area contributed by atoms with E-state index >= 15 is 0 Å². The average molecular weight is 491 g/mol. The molecule has 1 unspecified atom stereocenters. The number of hydrazine groups is 1. The molecule has 1 heterocycles. The van der Waals surface area contributed by atoms with Gasteiger partial charge in [-0.15, -0.1) is 0 Å². The van der Waals surface area contributed by atoms with Gasteiger partial charge in [0, 0.05) is 42.3 Å². The lowest BCUT2D eigenvalue weighted by Gasteiger charge is -2.35. The molecule has 3 aromatic carbocycles. The highest BCUT2D eigenvalue weighted by Gasteiger charge is 2.27. The van der Waals surface area contributed by atoms with Crippen LogP contribution in [0.1, 0.15) is 48.7 Å². The fourth-order valence-corrected chi connectivity index (χ4v) is 4.90. The maximum absolute atomic E-state index is 13.6. The smallest absolute Gasteiger partial charge is 0.258 e. The molecule has 0 aliphatic carbocycles. The van der Waals surface area contributed by atoms with E-state index in [-0.39, 0.29) is 17.9 Å². The Kier molecular flexibility index (Phi) is 7.73. The molecular formula is C28H31ClN4O2. The number of nitrogens with zero attached hydrogens (tertiary/aromatic N) is 3. The van der Waals surface area contributed by atoms with Crippen molar-refractivity contribution in [3.63, 3.8) is 0 Å². The Morgan fingerprint density at radius 3 is 2.37 bits per heavy atom. The molecule has 2 amide bonds. The number of carbonyl (C=O) groups is 2. The number of hydrogen-bond donors (Lipinski definition) is 1. The number of para-hydroxylation sites is 1. The molecule has 7 heteroatoms. The van der Waals surface area contributed by atoms with Crippen LogP contribution in [-0.2, 0) is 4.79 Å². The Bertz CT molecular complexity index is 1180. The van der Waals surface area contributed by atoms with E-state index in [0.717, 1.165) is 29.8 Å². The van der Waals surface area contributed by atoms with E-state index in [2.05, 4.69) is 5.32 Å². The highest BCUT2D eigenvalue weighted by Crippen LogP contribution is 2.35. The molecule has 0 aromatic heterocycles. The predicted molar refractivity (Wildman–Crippen MR) is 143 cm³/mol. The second-order valence-electron chi connectivity index (χ2n) is 8.57. The summed E-state index contributed by atoms with van der Waals surface area (Å²) in [7, 11) is 1.93. The molecule has 4 rings (SSSR count). The van der Waals surface area contributed by atoms with Crippen molar-refractivity contribution in [2.24, 2.45) is 0 Å². The third-order valence-corrected chi connectivity index (χ3v) is 6.61. The second-order valence-corrected chi connectivity index (χ2v) is 9.01. The van der Waals surface area contributed by atoms with Gasteiger partial charge in [0.25, 0.3) is 5.91 Å². The Morgan fingerprint density at radius 1 is 1.03 bits per heavy atom. The normalized spacial score (nSPS) is 15.2. The zero-order valence-electron chi connectivity index (χ0n) is 20.4. The fraction of sp³-hybridized carbons (Fsp3) is 0.286. The van der Waals surface area contributed by atoms with Crippen LogP contribution in [0.2, 0.25) is 5.02 Å². The average Bonchev–Trinajstić information content (AvgIpc) is 3.06. The molecule has 0 saturated heterocycles. The van der Waals surface area contributed by atoms with Crippen LogP contribution < -0.4 is 20.2 Å². The monoisotopic (exact) mass is 490 g/mol. The summed E-state index contributed by atoms with van der Waals surface area (Å²) in [6.45, 7) is 4.79. The van der Waals surface area contributed by atoms with E-state index in [1.807, 2.05) is 84.5 Å². The van der Waals surface area contributed by atoms with Crippen LogP contribution in [0.15, 0.2) is 72.8 Å². The van der Waals surface area contributed by atoms with E-state index in [1.165, 1.54) is 0 Å². The highest BCUT2D eigenvalue weighted by atomic mass is 35.5. The van der Waals surface area contributed by atoms with Crippen LogP contribution in [0.3, 0.4) is 0 Å². The molecule has 1 atom stereocenters. The molecule has 0 saturated carbocycles. The van der Waals surface area contributed by atoms with Crippen LogP contribution in [0.4, 0.5) is 17.1 Å². The van der Waals surface area contributed by atoms with Crippen LogP contribution in [-0.4, -0.2) is 32.0 Å². The standard InChI is InChI=1S/C28H31ClN4O2/c1-4-32(23-9-6-5-7-10-23)33(20(2)34)24-15-12-21(13-16-24)28(35)31-18-8-11-26(30-3)25-19-22(29)14-17-27(25)31/h5-7,9-10,12-17,19,26,30H,4,8,11,18H2,1-3H3. The zero-order valence-corrected chi connectivity index (χ0v) is 21.1. The molecule has 182 valence electrons. The van der Waals surface area contributed by atoms with Gasteiger partial charge < -0.3 is 10.2 Å². The minimum Gasteiger partial charge on any atom is -0.313 e. The van der Waals surface area contributed by atoms with Crippen LogP contribution in [0, 0.1) is 0 Å². The summed E-state index contributed by atoms with van der Waals surface area (Å²) in [5.41, 5.74) is 4.12. The number of anilines is 3. The van der Waals surface area contributed by atoms with E-state index in [4.69, 9.17) is 11.6 Å². The van der Waals surface area contributed by atoms with Gasteiger partial charge >= 0.3 is 0 Å². The number of fused-ring (bicyclic) bond motifs is 1. The molecule has 0 bridgehead atoms. The maximum atomic E-state index is 13.6. The Balaban J connectivity index is 1.64. The van der Waals surface area contributed by atoms with Gasteiger partial charge in [0.05, 0.1) is 11.4 Å². The number of rotatable bonds is 6. The van der Waals surface area contributed by atoms with Gasteiger partial charge in [0.1, 0.15) is 0 Å². The van der Waals surface area contributed by atoms with Crippen LogP contribution in [0.25, 0.3) is 0 Å². The van der Waals surface area contributed by atoms with Gasteiger partial charge in [0.15, 0.2) is 0 Å². The van der Waals surface area contributed by atoms with Gasteiger partial charge in [-0.2, -0.15) is 0 Å². The van der Waals surface area contributed by atoms with Crippen molar-refractivity contribution >= 4 is 40.5 Å². The highest BCUT2D eigenvalue weighted by molar-refractivity contribution is 6.30. The lowest BCUT2D eigenvalue weighted by molar-refractivity contribution is -0.116. The molecule has 1 N–H and O–H groups in total. The molecule has 0 fully saturated rings. The molecular weight excluding hydrogens is 460 g/mol. The number of carbonyl (C=O) groups excluding carboxylic acids is 2. The second kappa shape index (κ2) is 10.9. The topological polar surface area (TPSA) is 55.9 Å². The molecule has 1 aliphatic rings. The zero-order chi connectivity index (χ0) is 24.9. The minimum absolute atomic E-state index is 0.0679. The fourth-order valence-electron chi connectivity index (χ4n) is 4.72. The first kappa shape index (κ1) is 24.8. The van der Waals surface area contributed by atoms with Crippen molar-refractivity contribution in [1.29, 1.82) is 0 Å². The van der Waals surface area contributed by atoms with Crippen molar-refractivity contribution in [1.82, 2.24) is 5.32 Å². The van der Waals surface area contributed by atoms with Gasteiger partial charge in [0.2, 0.25) is 5.91 Å². The van der Waals surface area contributed by atoms with E-state index < -0.39 is 0 Å². The number of hydrogen-bond acceptors (Lipinski definition) is 4. The summed E-state index contributed by atoms with van der Waals surface area (Å²) >= 11 is 6.28. The number of halogens is 1. The lowest BCUT2D eigenvalue weighted by Crippen LogP contribution is -2.46. The van der Waals surface area contributed by atoms with Crippen molar-refractivity contribution in [3.05, 3.63) is 88.9 Å². The van der Waals surface area contributed by atoms with Gasteiger partial charge in [-0.05, 0) is 87.0 Å². The predicted octanol–water partition coefficient (Wildman–Crippen LogP) is 5.84. The van der Waals surface area contributed by atoms with Crippen molar-refractivity contribution in [2.45, 2.75) is 32.7 Å². The van der Waals surface area contributed by atoms with Gasteiger partial charge in [-0.1, -0.05) is 29.8 Å². The summed E-state index contributed by atoms with van der Waals surface area (Å²) < 4.78 is 0. The SMILES string of the molecule is CCN(c1ccccc1)N(C(C)=O)c1ccc(C(=O)N2CCCC(NC)c3cc(Cl)ccc32)cc1. The molecule has 6 nitrogen and oxygen atoms in total. The summed E-state index contributed by atoms with van der Waals surface area (Å²) in [6, 6.07) is 22.9. The summed E-state index contributed by atoms with van der Waals surface area (Å²) in [6.07, 6.45) is 1.80. The molecule has 1 aliphatic heterocycles. The molecule has 0 spiro atoms. The number of amides is 2. The third-order valence-electron chi connectivity index (χ3n) is 6.38. The number of nitrogens with one attached hydrogen (secondary N) is 1. The van der Waals surface area contributed by atoms with Crippen LogP contribution >= 0.6 is 11.6 Å². The van der Waals surface area contributed by atoms with Gasteiger partial charge in [-0.3, -0.25) is 14.6 Å². The van der Waals surface area contributed by atoms with E-state index in [9.17, 15) is 9.59 Å². The first-order valence-corrected chi connectivity index (χ1v) is 12.3. The van der Waals surface area contributed by atoms with Gasteiger partial charge in [-0.25, -0.2) is 5.01 Å². The molecule has 35 heavy (non-hydrogen) atoms. The third kappa shape index (κ3) is 5.19. The summed E-state index contributed by atoms with van der Waals surface area (Å²) in [5.74, 6) is -0.173. The van der Waals surface area contributed by atoms with Crippen molar-refractivity contribution in [3.8, 4) is 0 Å². The number of benzene rings is 3. The first-order chi connectivity index (χ1) is 16.9. The molecule has 3 aromatic rings. The largest absolute Gasteiger partial charge is 0.313 e. The first-order valence-electron chi connectivity index (χ1n) is 12.0.